The van der Waals surface area contributed by atoms with Gasteiger partial charge in [-0.3, -0.25) is 0 Å². The molecule has 2 nitrogen and oxygen atoms in total. The Labute approximate surface area is 127 Å². The molecule has 0 saturated heterocycles. The molecule has 0 aromatic rings. The molecule has 0 spiro atoms. The van der Waals surface area contributed by atoms with E-state index in [-0.39, 0.29) is 0 Å². The molecule has 0 atom stereocenters. The number of hydrogen-bond acceptors (Lipinski definition) is 2. The summed E-state index contributed by atoms with van der Waals surface area (Å²) in [6.07, 6.45) is 13.0. The summed E-state index contributed by atoms with van der Waals surface area (Å²) >= 11 is 3.43. The maximum absolute atomic E-state index is 12.0. The fourth-order valence-corrected chi connectivity index (χ4v) is 5.18. The predicted octanol–water partition coefficient (Wildman–Crippen LogP) is 4.72. The van der Waals surface area contributed by atoms with Crippen molar-refractivity contribution in [3.63, 3.8) is 0 Å². The number of sulfone groups is 1. The van der Waals surface area contributed by atoms with Gasteiger partial charge in [-0.25, -0.2) is 8.42 Å². The monoisotopic (exact) mass is 352 g/mol. The number of alkyl halides is 1. The molecule has 0 radical (unpaired) electrons. The number of hydrogen-bond donors (Lipinski definition) is 0. The molecule has 0 aromatic heterocycles. The van der Waals surface area contributed by atoms with Gasteiger partial charge in [0.05, 0.1) is 11.5 Å². The first-order chi connectivity index (χ1) is 9.14. The van der Waals surface area contributed by atoms with Crippen LogP contribution in [-0.2, 0) is 9.84 Å². The maximum atomic E-state index is 12.0. The SMILES string of the molecule is O=S(=O)(CCCCCCCCCBr)CC1CCCC1. The lowest BCUT2D eigenvalue weighted by molar-refractivity contribution is 0.552. The van der Waals surface area contributed by atoms with Gasteiger partial charge >= 0.3 is 0 Å². The van der Waals surface area contributed by atoms with Crippen molar-refractivity contribution in [2.75, 3.05) is 16.8 Å². The summed E-state index contributed by atoms with van der Waals surface area (Å²) in [5.74, 6) is 1.35. The molecule has 0 heterocycles. The molecule has 4 heteroatoms. The van der Waals surface area contributed by atoms with Gasteiger partial charge in [-0.15, -0.1) is 0 Å². The molecule has 1 aliphatic carbocycles. The van der Waals surface area contributed by atoms with Crippen LogP contribution in [0.15, 0.2) is 0 Å². The largest absolute Gasteiger partial charge is 0.229 e. The van der Waals surface area contributed by atoms with Crippen LogP contribution in [0.2, 0.25) is 0 Å². The molecular weight excluding hydrogens is 324 g/mol. The molecule has 0 bridgehead atoms. The van der Waals surface area contributed by atoms with Gasteiger partial charge in [0.1, 0.15) is 0 Å². The average Bonchev–Trinajstić information content (AvgIpc) is 2.84. The minimum Gasteiger partial charge on any atom is -0.229 e. The van der Waals surface area contributed by atoms with Crippen LogP contribution in [0.3, 0.4) is 0 Å². The van der Waals surface area contributed by atoms with E-state index in [2.05, 4.69) is 15.9 Å². The maximum Gasteiger partial charge on any atom is 0.150 e. The molecule has 0 unspecified atom stereocenters. The lowest BCUT2D eigenvalue weighted by atomic mass is 10.1. The van der Waals surface area contributed by atoms with Crippen molar-refractivity contribution in [1.82, 2.24) is 0 Å². The first-order valence-corrected chi connectivity index (χ1v) is 10.8. The second-order valence-electron chi connectivity index (χ2n) is 5.93. The molecule has 0 N–H and O–H groups in total. The van der Waals surface area contributed by atoms with E-state index in [4.69, 9.17) is 0 Å². The van der Waals surface area contributed by atoms with Crippen LogP contribution in [0.25, 0.3) is 0 Å². The Bertz CT molecular complexity index is 308. The van der Waals surface area contributed by atoms with Crippen LogP contribution in [0.5, 0.6) is 0 Å². The van der Waals surface area contributed by atoms with Crippen LogP contribution >= 0.6 is 15.9 Å². The van der Waals surface area contributed by atoms with Crippen molar-refractivity contribution in [3.8, 4) is 0 Å². The average molecular weight is 353 g/mol. The quantitative estimate of drug-likeness (QED) is 0.398. The van der Waals surface area contributed by atoms with Gasteiger partial charge in [-0.2, -0.15) is 0 Å². The molecule has 1 fully saturated rings. The zero-order valence-corrected chi connectivity index (χ0v) is 14.5. The summed E-state index contributed by atoms with van der Waals surface area (Å²) in [5, 5.41) is 1.10. The highest BCUT2D eigenvalue weighted by Crippen LogP contribution is 2.26. The van der Waals surface area contributed by atoms with Crippen molar-refractivity contribution in [1.29, 1.82) is 0 Å². The number of unbranched alkanes of at least 4 members (excludes halogenated alkanes) is 6. The van der Waals surface area contributed by atoms with E-state index in [1.807, 2.05) is 0 Å². The van der Waals surface area contributed by atoms with E-state index in [0.29, 0.717) is 17.4 Å². The fourth-order valence-electron chi connectivity index (χ4n) is 2.92. The predicted molar refractivity (Wildman–Crippen MR) is 86.7 cm³/mol. The van der Waals surface area contributed by atoms with E-state index in [0.717, 1.165) is 31.0 Å². The second-order valence-corrected chi connectivity index (χ2v) is 8.95. The lowest BCUT2D eigenvalue weighted by Gasteiger charge is -2.09. The Morgan fingerprint density at radius 1 is 0.842 bits per heavy atom. The van der Waals surface area contributed by atoms with Crippen LogP contribution in [0.1, 0.15) is 70.6 Å². The zero-order valence-electron chi connectivity index (χ0n) is 12.1. The second kappa shape index (κ2) is 10.2. The van der Waals surface area contributed by atoms with Crippen LogP contribution < -0.4 is 0 Å². The van der Waals surface area contributed by atoms with Crippen molar-refractivity contribution >= 4 is 25.8 Å². The minimum atomic E-state index is -2.77. The van der Waals surface area contributed by atoms with Gasteiger partial charge in [0.2, 0.25) is 0 Å². The summed E-state index contributed by atoms with van der Waals surface area (Å²) in [6, 6.07) is 0. The van der Waals surface area contributed by atoms with Gasteiger partial charge in [-0.1, -0.05) is 60.9 Å². The summed E-state index contributed by atoms with van der Waals surface area (Å²) in [4.78, 5) is 0. The molecule has 19 heavy (non-hydrogen) atoms. The summed E-state index contributed by atoms with van der Waals surface area (Å²) in [5.41, 5.74) is 0. The highest BCUT2D eigenvalue weighted by molar-refractivity contribution is 9.09. The van der Waals surface area contributed by atoms with Gasteiger partial charge in [-0.05, 0) is 31.6 Å². The number of halogens is 1. The Kier molecular flexibility index (Phi) is 9.38. The fraction of sp³-hybridized carbons (Fsp3) is 1.00. The van der Waals surface area contributed by atoms with E-state index >= 15 is 0 Å². The van der Waals surface area contributed by atoms with E-state index in [1.165, 1.54) is 44.9 Å². The summed E-state index contributed by atoms with van der Waals surface area (Å²) < 4.78 is 23.9. The zero-order chi connectivity index (χ0) is 14.0. The third-order valence-corrected chi connectivity index (χ3v) is 6.50. The third kappa shape index (κ3) is 9.06. The molecule has 114 valence electrons. The minimum absolute atomic E-state index is 0.422. The lowest BCUT2D eigenvalue weighted by Crippen LogP contribution is -2.17. The normalized spacial score (nSPS) is 17.1. The molecule has 0 aromatic carbocycles. The smallest absolute Gasteiger partial charge is 0.150 e. The molecule has 1 aliphatic rings. The summed E-state index contributed by atoms with van der Waals surface area (Å²) in [6.45, 7) is 0. The topological polar surface area (TPSA) is 34.1 Å². The van der Waals surface area contributed by atoms with Crippen LogP contribution in [0.4, 0.5) is 0 Å². The first-order valence-electron chi connectivity index (χ1n) is 7.90. The van der Waals surface area contributed by atoms with Crippen LogP contribution in [-0.4, -0.2) is 25.3 Å². The molecule has 1 rings (SSSR count). The summed E-state index contributed by atoms with van der Waals surface area (Å²) in [7, 11) is -2.77. The van der Waals surface area contributed by atoms with Gasteiger partial charge in [0.15, 0.2) is 9.84 Å². The Hall–Kier alpha value is 0.430. The Morgan fingerprint density at radius 3 is 1.95 bits per heavy atom. The Morgan fingerprint density at radius 2 is 1.37 bits per heavy atom. The molecule has 1 saturated carbocycles. The van der Waals surface area contributed by atoms with Gasteiger partial charge < -0.3 is 0 Å². The first kappa shape index (κ1) is 17.5. The van der Waals surface area contributed by atoms with Crippen molar-refractivity contribution in [3.05, 3.63) is 0 Å². The molecule has 0 aliphatic heterocycles. The van der Waals surface area contributed by atoms with E-state index in [9.17, 15) is 8.42 Å². The van der Waals surface area contributed by atoms with Crippen molar-refractivity contribution in [2.45, 2.75) is 70.6 Å². The van der Waals surface area contributed by atoms with Crippen molar-refractivity contribution < 1.29 is 8.42 Å². The molecule has 0 amide bonds. The number of rotatable bonds is 11. The van der Waals surface area contributed by atoms with E-state index < -0.39 is 9.84 Å². The van der Waals surface area contributed by atoms with Gasteiger partial charge in [0, 0.05) is 5.33 Å². The van der Waals surface area contributed by atoms with Gasteiger partial charge in [0.25, 0.3) is 0 Å². The highest BCUT2D eigenvalue weighted by Gasteiger charge is 2.21. The van der Waals surface area contributed by atoms with Crippen LogP contribution in [0, 0.1) is 5.92 Å². The van der Waals surface area contributed by atoms with Crippen molar-refractivity contribution in [2.24, 2.45) is 5.92 Å². The standard InChI is InChI=1S/C15H29BrO2S/c16-12-8-4-2-1-3-5-9-13-19(17,18)14-15-10-6-7-11-15/h15H,1-14H2. The molecular formula is C15H29BrO2S. The third-order valence-electron chi connectivity index (χ3n) is 4.05. The Balaban J connectivity index is 1.98. The van der Waals surface area contributed by atoms with E-state index in [1.54, 1.807) is 0 Å². The highest BCUT2D eigenvalue weighted by atomic mass is 79.9.